The summed E-state index contributed by atoms with van der Waals surface area (Å²) in [5, 5.41) is 11.9. The molecule has 0 spiro atoms. The van der Waals surface area contributed by atoms with Crippen LogP contribution in [0.3, 0.4) is 0 Å². The number of anilines is 1. The summed E-state index contributed by atoms with van der Waals surface area (Å²) in [6, 6.07) is 16.0. The van der Waals surface area contributed by atoms with Crippen LogP contribution < -0.4 is 14.8 Å². The van der Waals surface area contributed by atoms with Crippen LogP contribution in [-0.2, 0) is 11.4 Å². The first-order chi connectivity index (χ1) is 13.1. The molecular weight excluding hydrogens is 414 g/mol. The van der Waals surface area contributed by atoms with Crippen molar-refractivity contribution >= 4 is 27.5 Å². The number of carbonyl (C=O) groups excluding carboxylic acids is 1. The second-order valence-corrected chi connectivity index (χ2v) is 6.55. The van der Waals surface area contributed by atoms with Crippen LogP contribution >= 0.6 is 15.9 Å². The van der Waals surface area contributed by atoms with Crippen molar-refractivity contribution in [3.05, 3.63) is 64.8 Å². The molecule has 1 amide bonds. The van der Waals surface area contributed by atoms with Gasteiger partial charge in [-0.3, -0.25) is 4.79 Å². The maximum absolute atomic E-state index is 12.3. The number of methoxy groups -OCH3 is 1. The molecule has 1 heterocycles. The summed E-state index contributed by atoms with van der Waals surface area (Å²) in [6.07, 6.45) is 0. The van der Waals surface area contributed by atoms with Crippen molar-refractivity contribution in [3.8, 4) is 22.8 Å². The topological polar surface area (TPSA) is 80.9 Å². The fraction of sp³-hybridized carbons (Fsp3) is 0.150. The Morgan fingerprint density at radius 3 is 2.59 bits per heavy atom. The van der Waals surface area contributed by atoms with Crippen molar-refractivity contribution in [2.45, 2.75) is 6.61 Å². The zero-order valence-electron chi connectivity index (χ0n) is 14.6. The second kappa shape index (κ2) is 8.75. The van der Waals surface area contributed by atoms with E-state index in [1.54, 1.807) is 36.4 Å². The van der Waals surface area contributed by atoms with Crippen molar-refractivity contribution in [2.75, 3.05) is 19.0 Å². The van der Waals surface area contributed by atoms with Gasteiger partial charge in [-0.25, -0.2) is 0 Å². The average molecular weight is 432 g/mol. The lowest BCUT2D eigenvalue weighted by molar-refractivity contribution is -0.118. The predicted molar refractivity (Wildman–Crippen MR) is 105 cm³/mol. The number of ether oxygens (including phenoxy) is 2. The van der Waals surface area contributed by atoms with Gasteiger partial charge in [-0.05, 0) is 54.6 Å². The summed E-state index contributed by atoms with van der Waals surface area (Å²) >= 11 is 3.35. The predicted octanol–water partition coefficient (Wildman–Crippen LogP) is 4.23. The van der Waals surface area contributed by atoms with Gasteiger partial charge in [-0.1, -0.05) is 15.9 Å². The number of rotatable bonds is 7. The van der Waals surface area contributed by atoms with E-state index in [0.717, 1.165) is 10.0 Å². The zero-order chi connectivity index (χ0) is 19.2. The Kier molecular flexibility index (Phi) is 6.16. The Bertz CT molecular complexity index is 920. The second-order valence-electron chi connectivity index (χ2n) is 5.63. The van der Waals surface area contributed by atoms with Gasteiger partial charge in [-0.15, -0.1) is 0 Å². The Balaban J connectivity index is 1.71. The highest BCUT2D eigenvalue weighted by molar-refractivity contribution is 9.10. The minimum Gasteiger partial charge on any atom is -0.495 e. The number of aliphatic hydroxyl groups excluding tert-OH is 1. The van der Waals surface area contributed by atoms with Gasteiger partial charge in [0.2, 0.25) is 0 Å². The Morgan fingerprint density at radius 2 is 1.93 bits per heavy atom. The van der Waals surface area contributed by atoms with Crippen LogP contribution in [0.1, 0.15) is 5.76 Å². The number of hydrogen-bond donors (Lipinski definition) is 2. The van der Waals surface area contributed by atoms with E-state index < -0.39 is 0 Å². The van der Waals surface area contributed by atoms with Crippen LogP contribution in [0.25, 0.3) is 11.3 Å². The van der Waals surface area contributed by atoms with Gasteiger partial charge in [0.05, 0.1) is 12.8 Å². The number of carbonyl (C=O) groups is 1. The molecule has 1 aromatic heterocycles. The number of halogens is 1. The lowest BCUT2D eigenvalue weighted by Gasteiger charge is -2.12. The average Bonchev–Trinajstić information content (AvgIpc) is 3.17. The number of benzene rings is 2. The molecule has 0 aliphatic heterocycles. The molecule has 6 nitrogen and oxygen atoms in total. The van der Waals surface area contributed by atoms with Gasteiger partial charge in [0.25, 0.3) is 5.91 Å². The Hall–Kier alpha value is -2.77. The summed E-state index contributed by atoms with van der Waals surface area (Å²) in [7, 11) is 1.53. The van der Waals surface area contributed by atoms with Crippen LogP contribution in [-0.4, -0.2) is 24.7 Å². The first-order valence-electron chi connectivity index (χ1n) is 8.15. The number of nitrogens with one attached hydrogen (secondary N) is 1. The maximum atomic E-state index is 12.3. The zero-order valence-corrected chi connectivity index (χ0v) is 16.2. The van der Waals surface area contributed by atoms with E-state index in [2.05, 4.69) is 21.2 Å². The van der Waals surface area contributed by atoms with Gasteiger partial charge in [-0.2, -0.15) is 0 Å². The lowest BCUT2D eigenvalue weighted by atomic mass is 10.1. The van der Waals surface area contributed by atoms with Gasteiger partial charge in [0.15, 0.2) is 6.61 Å². The molecule has 3 aromatic rings. The number of amides is 1. The van der Waals surface area contributed by atoms with E-state index in [-0.39, 0.29) is 19.1 Å². The summed E-state index contributed by atoms with van der Waals surface area (Å²) in [4.78, 5) is 12.3. The van der Waals surface area contributed by atoms with Crippen molar-refractivity contribution in [2.24, 2.45) is 0 Å². The third-order valence-corrected chi connectivity index (χ3v) is 4.29. The highest BCUT2D eigenvalue weighted by Crippen LogP contribution is 2.31. The molecular formula is C20H18BrNO5. The van der Waals surface area contributed by atoms with Crippen molar-refractivity contribution in [3.63, 3.8) is 0 Å². The molecule has 0 radical (unpaired) electrons. The Morgan fingerprint density at radius 1 is 1.15 bits per heavy atom. The van der Waals surface area contributed by atoms with Crippen molar-refractivity contribution in [1.82, 2.24) is 0 Å². The molecule has 0 atom stereocenters. The van der Waals surface area contributed by atoms with E-state index in [0.29, 0.717) is 28.7 Å². The number of aliphatic hydroxyl groups is 1. The van der Waals surface area contributed by atoms with Gasteiger partial charge in [0.1, 0.15) is 29.6 Å². The van der Waals surface area contributed by atoms with E-state index >= 15 is 0 Å². The summed E-state index contributed by atoms with van der Waals surface area (Å²) in [5.41, 5.74) is 1.25. The highest BCUT2D eigenvalue weighted by Gasteiger charge is 2.12. The van der Waals surface area contributed by atoms with E-state index in [4.69, 9.17) is 19.0 Å². The minimum atomic E-state index is -0.316. The molecule has 0 saturated heterocycles. The van der Waals surface area contributed by atoms with Gasteiger partial charge < -0.3 is 24.3 Å². The minimum absolute atomic E-state index is 0.134. The SMILES string of the molecule is COc1ccc(-c2ccc(CO)o2)cc1NC(=O)COc1ccc(Br)cc1. The fourth-order valence-corrected chi connectivity index (χ4v) is 2.71. The standard InChI is InChI=1S/C20H18BrNO5/c1-25-19-8-2-13(18-9-7-16(11-23)27-18)10-17(19)22-20(24)12-26-15-5-3-14(21)4-6-15/h2-10,23H,11-12H2,1H3,(H,22,24). The Labute approximate surface area is 164 Å². The van der Waals surface area contributed by atoms with Crippen LogP contribution in [0.15, 0.2) is 63.5 Å². The van der Waals surface area contributed by atoms with Crippen LogP contribution in [0.2, 0.25) is 0 Å². The van der Waals surface area contributed by atoms with Crippen LogP contribution in [0.5, 0.6) is 11.5 Å². The van der Waals surface area contributed by atoms with E-state index in [1.807, 2.05) is 18.2 Å². The molecule has 0 saturated carbocycles. The molecule has 7 heteroatoms. The van der Waals surface area contributed by atoms with Crippen molar-refractivity contribution in [1.29, 1.82) is 0 Å². The third-order valence-electron chi connectivity index (χ3n) is 3.76. The molecule has 2 aromatic carbocycles. The first kappa shape index (κ1) is 19.0. The van der Waals surface area contributed by atoms with Crippen molar-refractivity contribution < 1.29 is 23.8 Å². The summed E-state index contributed by atoms with van der Waals surface area (Å²) in [6.45, 7) is -0.308. The summed E-state index contributed by atoms with van der Waals surface area (Å²) < 4.78 is 17.3. The maximum Gasteiger partial charge on any atom is 0.262 e. The molecule has 3 rings (SSSR count). The monoisotopic (exact) mass is 431 g/mol. The van der Waals surface area contributed by atoms with Gasteiger partial charge >= 0.3 is 0 Å². The molecule has 27 heavy (non-hydrogen) atoms. The molecule has 0 unspecified atom stereocenters. The quantitative estimate of drug-likeness (QED) is 0.584. The normalized spacial score (nSPS) is 10.5. The molecule has 0 aliphatic carbocycles. The van der Waals surface area contributed by atoms with Crippen LogP contribution in [0.4, 0.5) is 5.69 Å². The smallest absolute Gasteiger partial charge is 0.262 e. The number of hydrogen-bond acceptors (Lipinski definition) is 5. The molecule has 0 fully saturated rings. The molecule has 0 aliphatic rings. The summed E-state index contributed by atoms with van der Waals surface area (Å²) in [5.74, 6) is 1.85. The largest absolute Gasteiger partial charge is 0.495 e. The molecule has 2 N–H and O–H groups in total. The third kappa shape index (κ3) is 4.90. The van der Waals surface area contributed by atoms with E-state index in [1.165, 1.54) is 7.11 Å². The molecule has 140 valence electrons. The first-order valence-corrected chi connectivity index (χ1v) is 8.94. The fourth-order valence-electron chi connectivity index (χ4n) is 2.44. The molecule has 0 bridgehead atoms. The highest BCUT2D eigenvalue weighted by atomic mass is 79.9. The van der Waals surface area contributed by atoms with Crippen LogP contribution in [0, 0.1) is 0 Å². The number of furan rings is 1. The lowest BCUT2D eigenvalue weighted by Crippen LogP contribution is -2.20. The van der Waals surface area contributed by atoms with E-state index in [9.17, 15) is 4.79 Å². The van der Waals surface area contributed by atoms with Gasteiger partial charge in [0, 0.05) is 10.0 Å².